The van der Waals surface area contributed by atoms with Crippen molar-refractivity contribution in [3.63, 3.8) is 0 Å². The molecule has 22 heavy (non-hydrogen) atoms. The van der Waals surface area contributed by atoms with Crippen LogP contribution in [0.2, 0.25) is 0 Å². The van der Waals surface area contributed by atoms with E-state index in [-0.39, 0.29) is 18.0 Å². The number of nitro benzene ring substituents is 1. The molecule has 2 aromatic rings. The second-order valence-corrected chi connectivity index (χ2v) is 4.89. The Morgan fingerprint density at radius 1 is 1.18 bits per heavy atom. The van der Waals surface area contributed by atoms with Crippen molar-refractivity contribution in [2.24, 2.45) is 0 Å². The zero-order valence-corrected chi connectivity index (χ0v) is 12.4. The Morgan fingerprint density at radius 3 is 2.55 bits per heavy atom. The molecule has 0 saturated carbocycles. The minimum atomic E-state index is -0.851. The number of hydrogen-bond acceptors (Lipinski definition) is 6. The molecule has 0 fully saturated rings. The standard InChI is InChI=1S/C15H13NO5S/c17-15(20-9-8-11-2-1-3-14(22)10-11)21-13-6-4-12(5-7-13)16(18)19/h1-7,10,22H,8-9H2. The number of rotatable bonds is 5. The van der Waals surface area contributed by atoms with Gasteiger partial charge in [0.2, 0.25) is 0 Å². The van der Waals surface area contributed by atoms with Crippen LogP contribution < -0.4 is 4.74 Å². The molecule has 0 aliphatic rings. The van der Waals surface area contributed by atoms with Crippen molar-refractivity contribution < 1.29 is 19.2 Å². The monoisotopic (exact) mass is 319 g/mol. The highest BCUT2D eigenvalue weighted by Gasteiger charge is 2.09. The minimum absolute atomic E-state index is 0.0765. The van der Waals surface area contributed by atoms with Gasteiger partial charge in [-0.15, -0.1) is 12.6 Å². The number of benzene rings is 2. The summed E-state index contributed by atoms with van der Waals surface area (Å²) >= 11 is 4.23. The summed E-state index contributed by atoms with van der Waals surface area (Å²) in [6.07, 6.45) is -0.306. The fourth-order valence-corrected chi connectivity index (χ4v) is 1.98. The number of thiol groups is 1. The maximum absolute atomic E-state index is 11.5. The molecule has 0 unspecified atom stereocenters. The lowest BCUT2D eigenvalue weighted by Crippen LogP contribution is -2.12. The number of nitrogens with zero attached hydrogens (tertiary/aromatic N) is 1. The van der Waals surface area contributed by atoms with Gasteiger partial charge in [-0.05, 0) is 29.8 Å². The summed E-state index contributed by atoms with van der Waals surface area (Å²) in [5, 5.41) is 10.5. The number of ether oxygens (including phenoxy) is 2. The number of nitro groups is 1. The Labute approximate surface area is 132 Å². The van der Waals surface area contributed by atoms with Gasteiger partial charge in [0, 0.05) is 23.4 Å². The number of carbonyl (C=O) groups excluding carboxylic acids is 1. The molecule has 7 heteroatoms. The summed E-state index contributed by atoms with van der Waals surface area (Å²) in [5.74, 6) is 0.188. The van der Waals surface area contributed by atoms with Crippen molar-refractivity contribution in [1.82, 2.24) is 0 Å². The summed E-state index contributed by atoms with van der Waals surface area (Å²) in [5.41, 5.74) is 0.919. The van der Waals surface area contributed by atoms with Gasteiger partial charge in [-0.25, -0.2) is 4.79 Å². The highest BCUT2D eigenvalue weighted by Crippen LogP contribution is 2.17. The molecular weight excluding hydrogens is 306 g/mol. The van der Waals surface area contributed by atoms with Crippen molar-refractivity contribution in [2.45, 2.75) is 11.3 Å². The first-order valence-corrected chi connectivity index (χ1v) is 6.86. The Hall–Kier alpha value is -2.54. The average Bonchev–Trinajstić information content (AvgIpc) is 2.48. The largest absolute Gasteiger partial charge is 0.513 e. The molecule has 0 bridgehead atoms. The Balaban J connectivity index is 1.79. The van der Waals surface area contributed by atoms with Crippen LogP contribution in [0.1, 0.15) is 5.56 Å². The van der Waals surface area contributed by atoms with Crippen molar-refractivity contribution in [3.05, 3.63) is 64.2 Å². The molecule has 0 N–H and O–H groups in total. The lowest BCUT2D eigenvalue weighted by Gasteiger charge is -2.06. The Kier molecular flexibility index (Phi) is 5.37. The smallest absolute Gasteiger partial charge is 0.434 e. The lowest BCUT2D eigenvalue weighted by atomic mass is 10.2. The molecule has 6 nitrogen and oxygen atoms in total. The summed E-state index contributed by atoms with van der Waals surface area (Å²) in [6.45, 7) is 0.170. The Bertz CT molecular complexity index is 672. The van der Waals surface area contributed by atoms with E-state index in [1.54, 1.807) is 0 Å². The SMILES string of the molecule is O=C(OCCc1cccc(S)c1)Oc1ccc([N+](=O)[O-])cc1. The topological polar surface area (TPSA) is 78.7 Å². The summed E-state index contributed by atoms with van der Waals surface area (Å²) in [4.78, 5) is 22.3. The summed E-state index contributed by atoms with van der Waals surface area (Å²) in [6, 6.07) is 12.7. The van der Waals surface area contributed by atoms with E-state index in [0.717, 1.165) is 10.5 Å². The molecule has 0 aliphatic carbocycles. The molecule has 0 radical (unpaired) electrons. The normalized spacial score (nSPS) is 10.0. The second kappa shape index (κ2) is 7.46. The summed E-state index contributed by atoms with van der Waals surface area (Å²) in [7, 11) is 0. The molecule has 0 heterocycles. The van der Waals surface area contributed by atoms with E-state index < -0.39 is 11.1 Å². The third-order valence-electron chi connectivity index (χ3n) is 2.77. The van der Waals surface area contributed by atoms with Crippen molar-refractivity contribution >= 4 is 24.5 Å². The van der Waals surface area contributed by atoms with E-state index in [1.807, 2.05) is 24.3 Å². The molecule has 0 aliphatic heterocycles. The number of non-ortho nitro benzene ring substituents is 1. The number of hydrogen-bond donors (Lipinski definition) is 1. The van der Waals surface area contributed by atoms with E-state index in [2.05, 4.69) is 12.6 Å². The first-order valence-electron chi connectivity index (χ1n) is 6.41. The van der Waals surface area contributed by atoms with Crippen LogP contribution in [0.4, 0.5) is 10.5 Å². The molecule has 0 amide bonds. The van der Waals surface area contributed by atoms with E-state index in [1.165, 1.54) is 24.3 Å². The molecule has 2 aromatic carbocycles. The third-order valence-corrected chi connectivity index (χ3v) is 3.05. The second-order valence-electron chi connectivity index (χ2n) is 4.37. The molecule has 0 aromatic heterocycles. The van der Waals surface area contributed by atoms with Gasteiger partial charge in [-0.3, -0.25) is 10.1 Å². The van der Waals surface area contributed by atoms with Crippen molar-refractivity contribution in [2.75, 3.05) is 6.61 Å². The quantitative estimate of drug-likeness (QED) is 0.299. The van der Waals surface area contributed by atoms with Crippen LogP contribution in [0.15, 0.2) is 53.4 Å². The fourth-order valence-electron chi connectivity index (χ4n) is 1.73. The van der Waals surface area contributed by atoms with Crippen molar-refractivity contribution in [1.29, 1.82) is 0 Å². The van der Waals surface area contributed by atoms with Crippen LogP contribution in [-0.2, 0) is 11.2 Å². The molecular formula is C15H13NO5S. The summed E-state index contributed by atoms with van der Waals surface area (Å²) < 4.78 is 9.86. The molecule has 0 atom stereocenters. The van der Waals surface area contributed by atoms with E-state index in [4.69, 9.17) is 9.47 Å². The minimum Gasteiger partial charge on any atom is -0.434 e. The van der Waals surface area contributed by atoms with E-state index >= 15 is 0 Å². The van der Waals surface area contributed by atoms with E-state index in [9.17, 15) is 14.9 Å². The van der Waals surface area contributed by atoms with Crippen molar-refractivity contribution in [3.8, 4) is 5.75 Å². The fraction of sp³-hybridized carbons (Fsp3) is 0.133. The van der Waals surface area contributed by atoms with Gasteiger partial charge >= 0.3 is 6.16 Å². The lowest BCUT2D eigenvalue weighted by molar-refractivity contribution is -0.384. The third kappa shape index (κ3) is 4.78. The molecule has 2 rings (SSSR count). The Morgan fingerprint density at radius 2 is 1.91 bits per heavy atom. The van der Waals surface area contributed by atoms with Gasteiger partial charge in [0.15, 0.2) is 0 Å². The zero-order chi connectivity index (χ0) is 15.9. The van der Waals surface area contributed by atoms with Crippen LogP contribution in [0, 0.1) is 10.1 Å². The number of carbonyl (C=O) groups is 1. The molecule has 114 valence electrons. The first-order chi connectivity index (χ1) is 10.5. The van der Waals surface area contributed by atoms with Gasteiger partial charge < -0.3 is 9.47 Å². The zero-order valence-electron chi connectivity index (χ0n) is 11.5. The van der Waals surface area contributed by atoms with Gasteiger partial charge in [0.1, 0.15) is 5.75 Å². The molecule has 0 spiro atoms. The predicted molar refractivity (Wildman–Crippen MR) is 82.5 cm³/mol. The van der Waals surface area contributed by atoms with Gasteiger partial charge in [-0.2, -0.15) is 0 Å². The van der Waals surface area contributed by atoms with Crippen LogP contribution >= 0.6 is 12.6 Å². The maximum Gasteiger partial charge on any atom is 0.513 e. The van der Waals surface area contributed by atoms with Gasteiger partial charge in [-0.1, -0.05) is 12.1 Å². The maximum atomic E-state index is 11.5. The first kappa shape index (κ1) is 15.8. The van der Waals surface area contributed by atoms with Crippen LogP contribution in [0.3, 0.4) is 0 Å². The average molecular weight is 319 g/mol. The highest BCUT2D eigenvalue weighted by atomic mass is 32.1. The van der Waals surface area contributed by atoms with Crippen LogP contribution in [0.25, 0.3) is 0 Å². The van der Waals surface area contributed by atoms with Crippen LogP contribution in [0.5, 0.6) is 5.75 Å². The predicted octanol–water partition coefficient (Wildman–Crippen LogP) is 3.64. The molecule has 0 saturated heterocycles. The van der Waals surface area contributed by atoms with Gasteiger partial charge in [0.25, 0.3) is 5.69 Å². The van der Waals surface area contributed by atoms with E-state index in [0.29, 0.717) is 6.42 Å². The van der Waals surface area contributed by atoms with Crippen LogP contribution in [-0.4, -0.2) is 17.7 Å². The van der Waals surface area contributed by atoms with Gasteiger partial charge in [0.05, 0.1) is 11.5 Å². The highest BCUT2D eigenvalue weighted by molar-refractivity contribution is 7.80.